The average Bonchev–Trinajstić information content (AvgIpc) is 3.57. The average molecular weight is 540 g/mol. The summed E-state index contributed by atoms with van der Waals surface area (Å²) in [5.41, 5.74) is 6.54. The number of ketones is 2. The van der Waals surface area contributed by atoms with Gasteiger partial charge in [-0.2, -0.15) is 0 Å². The number of Topliss-reactive ketones (excluding diaryl/α,β-unsaturated/α-hetero) is 2. The molecule has 0 radical (unpaired) electrons. The Morgan fingerprint density at radius 2 is 1.55 bits per heavy atom. The monoisotopic (exact) mass is 539 g/mol. The van der Waals surface area contributed by atoms with Crippen LogP contribution in [0.2, 0.25) is 0 Å². The molecule has 192 valence electrons. The van der Waals surface area contributed by atoms with Crippen LogP contribution in [0.5, 0.6) is 11.5 Å². The Labute approximate surface area is 234 Å². The molecule has 3 aromatic heterocycles. The molecule has 1 aliphatic heterocycles. The summed E-state index contributed by atoms with van der Waals surface area (Å²) in [4.78, 5) is 39.1. The second-order valence-corrected chi connectivity index (χ2v) is 11.7. The van der Waals surface area contributed by atoms with E-state index in [4.69, 9.17) is 9.72 Å². The van der Waals surface area contributed by atoms with Gasteiger partial charge >= 0.3 is 0 Å². The number of carbonyl (C=O) groups is 2. The third kappa shape index (κ3) is 3.09. The van der Waals surface area contributed by atoms with Crippen molar-refractivity contribution in [1.29, 1.82) is 0 Å². The van der Waals surface area contributed by atoms with Crippen molar-refractivity contribution in [2.75, 3.05) is 4.90 Å². The van der Waals surface area contributed by atoms with Crippen molar-refractivity contribution in [2.45, 2.75) is 19.3 Å². The maximum absolute atomic E-state index is 12.9. The molecular formula is C33H21N3O3S. The summed E-state index contributed by atoms with van der Waals surface area (Å²) in [7, 11) is 0. The van der Waals surface area contributed by atoms with Gasteiger partial charge in [0.05, 0.1) is 45.0 Å². The number of anilines is 3. The number of allylic oxidation sites excluding steroid dienone is 1. The Kier molecular flexibility index (Phi) is 4.65. The second-order valence-electron chi connectivity index (χ2n) is 10.6. The molecule has 0 N–H and O–H groups in total. The molecule has 2 aromatic carbocycles. The summed E-state index contributed by atoms with van der Waals surface area (Å²) in [5.74, 6) is 1.01. The fraction of sp³-hybridized carbons (Fsp3) is 0.0909. The Balaban J connectivity index is 1.22. The van der Waals surface area contributed by atoms with E-state index in [1.54, 1.807) is 35.7 Å². The normalized spacial score (nSPS) is 16.8. The number of thiophene rings is 1. The first-order valence-corrected chi connectivity index (χ1v) is 13.8. The number of para-hydroxylation sites is 4. The number of rotatable bonds is 2. The van der Waals surface area contributed by atoms with Crippen LogP contribution >= 0.6 is 11.3 Å². The van der Waals surface area contributed by atoms with Crippen molar-refractivity contribution in [2.24, 2.45) is 0 Å². The van der Waals surface area contributed by atoms with Crippen LogP contribution in [0.3, 0.4) is 0 Å². The largest absolute Gasteiger partial charge is 0.453 e. The van der Waals surface area contributed by atoms with Crippen LogP contribution in [-0.4, -0.2) is 21.5 Å². The van der Waals surface area contributed by atoms with Crippen molar-refractivity contribution < 1.29 is 14.3 Å². The molecule has 0 saturated heterocycles. The smallest absolute Gasteiger partial charge is 0.216 e. The maximum Gasteiger partial charge on any atom is 0.216 e. The zero-order valence-electron chi connectivity index (χ0n) is 21.6. The maximum atomic E-state index is 12.9. The molecule has 6 nitrogen and oxygen atoms in total. The molecule has 0 fully saturated rings. The van der Waals surface area contributed by atoms with Gasteiger partial charge in [-0.1, -0.05) is 38.1 Å². The predicted molar refractivity (Wildman–Crippen MR) is 155 cm³/mol. The van der Waals surface area contributed by atoms with E-state index in [9.17, 15) is 9.59 Å². The van der Waals surface area contributed by atoms with E-state index >= 15 is 0 Å². The first-order valence-electron chi connectivity index (χ1n) is 13.0. The SMILES string of the molecule is CC1(C)c2cc(N3c4ccccc4Oc4ccccc43)cnc2-c2sc(/C=C3\C(=O)c4cccnc4C3=O)cc21. The van der Waals surface area contributed by atoms with E-state index in [-0.39, 0.29) is 28.2 Å². The highest BCUT2D eigenvalue weighted by Crippen LogP contribution is 2.55. The van der Waals surface area contributed by atoms with E-state index in [2.05, 4.69) is 48.0 Å². The van der Waals surface area contributed by atoms with Gasteiger partial charge in [0.25, 0.3) is 0 Å². The number of hydrogen-bond acceptors (Lipinski definition) is 7. The molecule has 3 aliphatic rings. The molecule has 0 amide bonds. The van der Waals surface area contributed by atoms with Crippen LogP contribution in [0.15, 0.2) is 90.8 Å². The standard InChI is InChI=1S/C33H21N3O3S/c1-33(2)22-14-18(36-24-9-3-5-11-26(24)39-27-12-6-4-10-25(27)36)17-35-29(22)32-23(33)16-19(40-32)15-21-30(37)20-8-7-13-34-28(20)31(21)38/h3-17H,1-2H3/b21-15+. The third-order valence-electron chi connectivity index (χ3n) is 7.92. The Morgan fingerprint density at radius 1 is 0.825 bits per heavy atom. The summed E-state index contributed by atoms with van der Waals surface area (Å²) >= 11 is 1.56. The van der Waals surface area contributed by atoms with Gasteiger partial charge in [-0.05, 0) is 65.7 Å². The molecule has 4 heterocycles. The number of benzene rings is 2. The number of ether oxygens (including phenoxy) is 1. The van der Waals surface area contributed by atoms with Crippen LogP contribution < -0.4 is 9.64 Å². The minimum atomic E-state index is -0.319. The molecule has 0 spiro atoms. The summed E-state index contributed by atoms with van der Waals surface area (Å²) < 4.78 is 6.19. The van der Waals surface area contributed by atoms with Gasteiger partial charge < -0.3 is 9.64 Å². The Bertz CT molecular complexity index is 1890. The zero-order valence-corrected chi connectivity index (χ0v) is 22.5. The van der Waals surface area contributed by atoms with Crippen molar-refractivity contribution in [1.82, 2.24) is 9.97 Å². The Hall–Kier alpha value is -4.88. The summed E-state index contributed by atoms with van der Waals surface area (Å²) in [5, 5.41) is 0. The van der Waals surface area contributed by atoms with E-state index in [0.29, 0.717) is 5.56 Å². The number of aromatic nitrogens is 2. The number of fused-ring (bicyclic) bond motifs is 6. The van der Waals surface area contributed by atoms with Crippen LogP contribution in [0, 0.1) is 0 Å². The lowest BCUT2D eigenvalue weighted by Crippen LogP contribution is -2.18. The van der Waals surface area contributed by atoms with Crippen LogP contribution in [0.25, 0.3) is 16.6 Å². The van der Waals surface area contributed by atoms with Crippen LogP contribution in [-0.2, 0) is 5.41 Å². The lowest BCUT2D eigenvalue weighted by Gasteiger charge is -2.33. The number of hydrogen-bond donors (Lipinski definition) is 0. The Morgan fingerprint density at radius 3 is 2.27 bits per heavy atom. The highest BCUT2D eigenvalue weighted by atomic mass is 32.1. The van der Waals surface area contributed by atoms with Gasteiger partial charge in [0.2, 0.25) is 5.78 Å². The zero-order chi connectivity index (χ0) is 27.2. The van der Waals surface area contributed by atoms with Crippen molar-refractivity contribution >= 4 is 46.0 Å². The minimum Gasteiger partial charge on any atom is -0.453 e. The number of nitrogens with zero attached hydrogens (tertiary/aromatic N) is 3. The van der Waals surface area contributed by atoms with Gasteiger partial charge in [0, 0.05) is 16.5 Å². The molecule has 8 rings (SSSR count). The molecule has 5 aromatic rings. The highest BCUT2D eigenvalue weighted by Gasteiger charge is 2.40. The molecule has 0 atom stereocenters. The van der Waals surface area contributed by atoms with Crippen LogP contribution in [0.4, 0.5) is 17.1 Å². The first-order chi connectivity index (χ1) is 19.4. The van der Waals surface area contributed by atoms with Gasteiger partial charge in [0.15, 0.2) is 17.3 Å². The topological polar surface area (TPSA) is 72.4 Å². The first kappa shape index (κ1) is 23.0. The number of carbonyl (C=O) groups excluding carboxylic acids is 2. The van der Waals surface area contributed by atoms with Gasteiger partial charge in [0.1, 0.15) is 5.69 Å². The summed E-state index contributed by atoms with van der Waals surface area (Å²) in [6.45, 7) is 4.39. The quantitative estimate of drug-likeness (QED) is 0.165. The summed E-state index contributed by atoms with van der Waals surface area (Å²) in [6, 6.07) is 23.7. The third-order valence-corrected chi connectivity index (χ3v) is 9.01. The lowest BCUT2D eigenvalue weighted by atomic mass is 9.83. The van der Waals surface area contributed by atoms with E-state index in [1.807, 2.05) is 42.6 Å². The molecule has 7 heteroatoms. The molecule has 0 saturated carbocycles. The lowest BCUT2D eigenvalue weighted by molar-refractivity contribution is 0.0989. The van der Waals surface area contributed by atoms with Crippen LogP contribution in [0.1, 0.15) is 50.7 Å². The fourth-order valence-corrected chi connectivity index (χ4v) is 7.17. The summed E-state index contributed by atoms with van der Waals surface area (Å²) in [6.07, 6.45) is 5.16. The van der Waals surface area contributed by atoms with Crippen molar-refractivity contribution in [3.8, 4) is 22.1 Å². The van der Waals surface area contributed by atoms with E-state index < -0.39 is 0 Å². The van der Waals surface area contributed by atoms with Crippen molar-refractivity contribution in [3.63, 3.8) is 0 Å². The van der Waals surface area contributed by atoms with Crippen molar-refractivity contribution in [3.05, 3.63) is 118 Å². The molecule has 2 aliphatic carbocycles. The molecule has 0 bridgehead atoms. The molecular weight excluding hydrogens is 518 g/mol. The van der Waals surface area contributed by atoms with Gasteiger partial charge in [-0.3, -0.25) is 19.6 Å². The minimum absolute atomic E-state index is 0.166. The second kappa shape index (κ2) is 8.07. The number of pyridine rings is 2. The highest BCUT2D eigenvalue weighted by molar-refractivity contribution is 7.16. The predicted octanol–water partition coefficient (Wildman–Crippen LogP) is 7.88. The van der Waals surface area contributed by atoms with Gasteiger partial charge in [-0.25, -0.2) is 0 Å². The van der Waals surface area contributed by atoms with E-state index in [1.165, 1.54) is 0 Å². The van der Waals surface area contributed by atoms with E-state index in [0.717, 1.165) is 55.1 Å². The molecule has 40 heavy (non-hydrogen) atoms. The van der Waals surface area contributed by atoms with Gasteiger partial charge in [-0.15, -0.1) is 11.3 Å². The molecule has 0 unspecified atom stereocenters. The fourth-order valence-electron chi connectivity index (χ4n) is 5.90.